The van der Waals surface area contributed by atoms with Gasteiger partial charge in [-0.15, -0.1) is 0 Å². The summed E-state index contributed by atoms with van der Waals surface area (Å²) < 4.78 is 5.29. The zero-order valence-corrected chi connectivity index (χ0v) is 21.1. The SMILES string of the molecule is COc1ccc([C@H]2C=C(c3ccc4ccccc4c3)NN2C(=O)CN2C(=O)N[C@@H](CC(C)C)C2=O)cc1. The topological polar surface area (TPSA) is 91.0 Å². The molecule has 1 saturated heterocycles. The first kappa shape index (κ1) is 24.4. The number of benzene rings is 3. The first-order valence-electron chi connectivity index (χ1n) is 12.4. The zero-order valence-electron chi connectivity index (χ0n) is 21.1. The molecule has 190 valence electrons. The van der Waals surface area contributed by atoms with Gasteiger partial charge in [0.1, 0.15) is 18.3 Å². The van der Waals surface area contributed by atoms with E-state index in [1.807, 2.05) is 74.5 Å². The molecule has 0 spiro atoms. The van der Waals surface area contributed by atoms with Gasteiger partial charge in [-0.3, -0.25) is 19.9 Å². The number of methoxy groups -OCH3 is 1. The summed E-state index contributed by atoms with van der Waals surface area (Å²) >= 11 is 0. The monoisotopic (exact) mass is 498 g/mol. The summed E-state index contributed by atoms with van der Waals surface area (Å²) in [7, 11) is 1.60. The molecule has 0 bridgehead atoms. The molecule has 0 aliphatic carbocycles. The van der Waals surface area contributed by atoms with E-state index in [9.17, 15) is 14.4 Å². The predicted molar refractivity (Wildman–Crippen MR) is 141 cm³/mol. The highest BCUT2D eigenvalue weighted by Gasteiger charge is 2.41. The summed E-state index contributed by atoms with van der Waals surface area (Å²) in [5.74, 6) is 0.191. The second-order valence-electron chi connectivity index (χ2n) is 9.79. The molecule has 8 heteroatoms. The number of imide groups is 1. The quantitative estimate of drug-likeness (QED) is 0.476. The van der Waals surface area contributed by atoms with Crippen molar-refractivity contribution in [3.63, 3.8) is 0 Å². The standard InChI is InChI=1S/C29H30N4O4/c1-18(2)14-25-28(35)32(29(36)30-25)17-27(34)33-26(20-10-12-23(37-3)13-11-20)16-24(31-33)22-9-8-19-6-4-5-7-21(19)15-22/h4-13,15-16,18,25-26,31H,14,17H2,1-3H3,(H,30,36)/t25-,26+/m0/s1. The Morgan fingerprint density at radius 2 is 1.73 bits per heavy atom. The molecule has 37 heavy (non-hydrogen) atoms. The molecule has 8 nitrogen and oxygen atoms in total. The molecule has 0 aromatic heterocycles. The second-order valence-corrected chi connectivity index (χ2v) is 9.79. The third-order valence-corrected chi connectivity index (χ3v) is 6.74. The summed E-state index contributed by atoms with van der Waals surface area (Å²) in [5, 5.41) is 6.41. The van der Waals surface area contributed by atoms with Crippen LogP contribution in [0.4, 0.5) is 4.79 Å². The molecule has 2 aliphatic rings. The highest BCUT2D eigenvalue weighted by molar-refractivity contribution is 6.06. The van der Waals surface area contributed by atoms with E-state index in [0.717, 1.165) is 32.5 Å². The van der Waals surface area contributed by atoms with Gasteiger partial charge in [-0.1, -0.05) is 62.4 Å². The van der Waals surface area contributed by atoms with Crippen molar-refractivity contribution in [2.24, 2.45) is 5.92 Å². The molecule has 0 saturated carbocycles. The second kappa shape index (κ2) is 9.97. The number of amides is 4. The summed E-state index contributed by atoms with van der Waals surface area (Å²) in [5.41, 5.74) is 5.81. The molecule has 5 rings (SSSR count). The van der Waals surface area contributed by atoms with E-state index in [-0.39, 0.29) is 24.3 Å². The largest absolute Gasteiger partial charge is 0.497 e. The molecule has 0 unspecified atom stereocenters. The van der Waals surface area contributed by atoms with Crippen LogP contribution in [-0.4, -0.2) is 47.5 Å². The van der Waals surface area contributed by atoms with Gasteiger partial charge in [0.05, 0.1) is 18.8 Å². The van der Waals surface area contributed by atoms with E-state index in [0.29, 0.717) is 12.2 Å². The van der Waals surface area contributed by atoms with Gasteiger partial charge >= 0.3 is 6.03 Å². The molecule has 4 amide bonds. The Kier molecular flexibility index (Phi) is 6.56. The Balaban J connectivity index is 1.43. The van der Waals surface area contributed by atoms with Gasteiger partial charge in [0.25, 0.3) is 11.8 Å². The number of nitrogens with one attached hydrogen (secondary N) is 2. The average Bonchev–Trinajstić information content (AvgIpc) is 3.45. The summed E-state index contributed by atoms with van der Waals surface area (Å²) in [4.78, 5) is 40.0. The number of nitrogens with zero attached hydrogens (tertiary/aromatic N) is 2. The van der Waals surface area contributed by atoms with Gasteiger partial charge in [0.2, 0.25) is 0 Å². The van der Waals surface area contributed by atoms with Crippen molar-refractivity contribution in [3.05, 3.63) is 83.9 Å². The predicted octanol–water partition coefficient (Wildman–Crippen LogP) is 4.24. The third kappa shape index (κ3) is 4.87. The lowest BCUT2D eigenvalue weighted by molar-refractivity contribution is -0.139. The lowest BCUT2D eigenvalue weighted by Crippen LogP contribution is -2.47. The zero-order chi connectivity index (χ0) is 26.1. The maximum Gasteiger partial charge on any atom is 0.325 e. The molecule has 2 atom stereocenters. The molecule has 2 aliphatic heterocycles. The number of rotatable bonds is 7. The fourth-order valence-electron chi connectivity index (χ4n) is 4.82. The van der Waals surface area contributed by atoms with Gasteiger partial charge in [-0.05, 0) is 58.5 Å². The van der Waals surface area contributed by atoms with Crippen LogP contribution in [0.3, 0.4) is 0 Å². The van der Waals surface area contributed by atoms with Crippen LogP contribution in [0.2, 0.25) is 0 Å². The number of hydrogen-bond acceptors (Lipinski definition) is 5. The van der Waals surface area contributed by atoms with Gasteiger partial charge in [0.15, 0.2) is 0 Å². The minimum atomic E-state index is -0.601. The maximum absolute atomic E-state index is 13.5. The molecule has 3 aromatic rings. The van der Waals surface area contributed by atoms with Crippen LogP contribution >= 0.6 is 0 Å². The Labute approximate surface area is 215 Å². The number of carbonyl (C=O) groups excluding carboxylic acids is 3. The van der Waals surface area contributed by atoms with Gasteiger partial charge in [0, 0.05) is 0 Å². The van der Waals surface area contributed by atoms with Crippen LogP contribution in [0.5, 0.6) is 5.75 Å². The Morgan fingerprint density at radius 3 is 2.43 bits per heavy atom. The van der Waals surface area contributed by atoms with Crippen molar-refractivity contribution in [1.29, 1.82) is 0 Å². The van der Waals surface area contributed by atoms with E-state index in [1.165, 1.54) is 5.01 Å². The Morgan fingerprint density at radius 1 is 1.00 bits per heavy atom. The number of hydrazine groups is 1. The lowest BCUT2D eigenvalue weighted by atomic mass is 10.0. The van der Waals surface area contributed by atoms with E-state index >= 15 is 0 Å². The van der Waals surface area contributed by atoms with Crippen LogP contribution < -0.4 is 15.5 Å². The smallest absolute Gasteiger partial charge is 0.325 e. The van der Waals surface area contributed by atoms with Gasteiger partial charge < -0.3 is 10.1 Å². The van der Waals surface area contributed by atoms with Crippen molar-refractivity contribution < 1.29 is 19.1 Å². The molecular weight excluding hydrogens is 468 g/mol. The van der Waals surface area contributed by atoms with Crippen LogP contribution in [0.1, 0.15) is 37.4 Å². The van der Waals surface area contributed by atoms with Gasteiger partial charge in [-0.2, -0.15) is 0 Å². The maximum atomic E-state index is 13.5. The first-order chi connectivity index (χ1) is 17.8. The number of urea groups is 1. The minimum Gasteiger partial charge on any atom is -0.497 e. The summed E-state index contributed by atoms with van der Waals surface area (Å²) in [6, 6.07) is 20.1. The fourth-order valence-corrected chi connectivity index (χ4v) is 4.82. The van der Waals surface area contributed by atoms with Crippen molar-refractivity contribution >= 4 is 34.3 Å². The number of carbonyl (C=O) groups is 3. The van der Waals surface area contributed by atoms with E-state index in [2.05, 4.69) is 22.9 Å². The Bertz CT molecular complexity index is 1380. The normalized spacial score (nSPS) is 19.3. The Hall–Kier alpha value is -4.33. The number of fused-ring (bicyclic) bond motifs is 1. The van der Waals surface area contributed by atoms with Crippen LogP contribution in [0.15, 0.2) is 72.8 Å². The average molecular weight is 499 g/mol. The van der Waals surface area contributed by atoms with Crippen molar-refractivity contribution in [2.45, 2.75) is 32.4 Å². The highest BCUT2D eigenvalue weighted by Crippen LogP contribution is 2.33. The van der Waals surface area contributed by atoms with E-state index < -0.39 is 18.1 Å². The van der Waals surface area contributed by atoms with Crippen LogP contribution in [-0.2, 0) is 9.59 Å². The lowest BCUT2D eigenvalue weighted by Gasteiger charge is -2.27. The molecule has 0 radical (unpaired) electrons. The molecule has 2 heterocycles. The molecule has 2 N–H and O–H groups in total. The van der Waals surface area contributed by atoms with Gasteiger partial charge in [-0.25, -0.2) is 9.80 Å². The number of hydrogen-bond donors (Lipinski definition) is 2. The van der Waals surface area contributed by atoms with E-state index in [1.54, 1.807) is 7.11 Å². The van der Waals surface area contributed by atoms with Crippen molar-refractivity contribution in [2.75, 3.05) is 13.7 Å². The third-order valence-electron chi connectivity index (χ3n) is 6.74. The summed E-state index contributed by atoms with van der Waals surface area (Å²) in [6.07, 6.45) is 2.51. The van der Waals surface area contributed by atoms with Crippen molar-refractivity contribution in [1.82, 2.24) is 20.7 Å². The fraction of sp³-hybridized carbons (Fsp3) is 0.276. The van der Waals surface area contributed by atoms with Crippen LogP contribution in [0.25, 0.3) is 16.5 Å². The molecule has 3 aromatic carbocycles. The molecular formula is C29H30N4O4. The minimum absolute atomic E-state index is 0.235. The molecule has 1 fully saturated rings. The first-order valence-corrected chi connectivity index (χ1v) is 12.4. The summed E-state index contributed by atoms with van der Waals surface area (Å²) in [6.45, 7) is 3.62. The van der Waals surface area contributed by atoms with E-state index in [4.69, 9.17) is 4.74 Å². The van der Waals surface area contributed by atoms with Crippen LogP contribution in [0, 0.1) is 5.92 Å². The number of ether oxygens (including phenoxy) is 1. The highest BCUT2D eigenvalue weighted by atomic mass is 16.5. The van der Waals surface area contributed by atoms with Crippen molar-refractivity contribution in [3.8, 4) is 5.75 Å².